The molecule has 0 unspecified atom stereocenters. The third kappa shape index (κ3) is 3.81. The van der Waals surface area contributed by atoms with Crippen LogP contribution < -0.4 is 10.5 Å². The zero-order chi connectivity index (χ0) is 11.5. The molecule has 0 aromatic heterocycles. The van der Waals surface area contributed by atoms with E-state index >= 15 is 0 Å². The molecule has 0 radical (unpaired) electrons. The van der Waals surface area contributed by atoms with Crippen LogP contribution in [0, 0.1) is 6.92 Å². The normalized spacial score (nSPS) is 11.4. The molecule has 0 spiro atoms. The lowest BCUT2D eigenvalue weighted by Gasteiger charge is -2.09. The molecule has 1 rings (SSSR count). The van der Waals surface area contributed by atoms with Crippen LogP contribution in [0.5, 0.6) is 0 Å². The van der Waals surface area contributed by atoms with Gasteiger partial charge in [0.1, 0.15) is 0 Å². The maximum atomic E-state index is 11.4. The van der Waals surface area contributed by atoms with Crippen LogP contribution in [0.3, 0.4) is 0 Å². The summed E-state index contributed by atoms with van der Waals surface area (Å²) in [5, 5.41) is 0. The van der Waals surface area contributed by atoms with Crippen molar-refractivity contribution in [2.75, 3.05) is 17.0 Å². The maximum Gasteiger partial charge on any atom is 0.233 e. The van der Waals surface area contributed by atoms with Gasteiger partial charge >= 0.3 is 0 Å². The predicted molar refractivity (Wildman–Crippen MR) is 65.3 cm³/mol. The van der Waals surface area contributed by atoms with E-state index in [1.165, 1.54) is 0 Å². The summed E-state index contributed by atoms with van der Waals surface area (Å²) in [5.74, 6) is -0.0670. The van der Waals surface area contributed by atoms with Crippen molar-refractivity contribution in [2.45, 2.75) is 6.92 Å². The largest absolute Gasteiger partial charge is 0.329 e. The van der Waals surface area contributed by atoms with E-state index in [-0.39, 0.29) is 12.3 Å². The number of nitrogens with one attached hydrogen (secondary N) is 1. The molecule has 15 heavy (non-hydrogen) atoms. The molecule has 1 aromatic rings. The second kappa shape index (κ2) is 4.96. The van der Waals surface area contributed by atoms with Gasteiger partial charge in [-0.3, -0.25) is 4.72 Å². The smallest absolute Gasteiger partial charge is 0.233 e. The van der Waals surface area contributed by atoms with Crippen LogP contribution in [-0.2, 0) is 10.0 Å². The van der Waals surface area contributed by atoms with E-state index < -0.39 is 10.0 Å². The molecule has 0 atom stereocenters. The average Bonchev–Trinajstić information content (AvgIpc) is 2.09. The van der Waals surface area contributed by atoms with E-state index in [0.717, 1.165) is 10.0 Å². The number of hydrogen-bond donors (Lipinski definition) is 2. The minimum absolute atomic E-state index is 0.0670. The van der Waals surface area contributed by atoms with Gasteiger partial charge in [0.2, 0.25) is 10.0 Å². The molecular formula is C9H13BrN2O2S. The Morgan fingerprint density at radius 3 is 2.67 bits per heavy atom. The molecule has 0 aliphatic rings. The Balaban J connectivity index is 2.90. The zero-order valence-electron chi connectivity index (χ0n) is 8.33. The van der Waals surface area contributed by atoms with Crippen molar-refractivity contribution in [3.8, 4) is 0 Å². The van der Waals surface area contributed by atoms with Crippen molar-refractivity contribution < 1.29 is 8.42 Å². The Kier molecular flexibility index (Phi) is 4.12. The van der Waals surface area contributed by atoms with Gasteiger partial charge in [-0.15, -0.1) is 0 Å². The van der Waals surface area contributed by atoms with Crippen molar-refractivity contribution in [3.05, 3.63) is 28.2 Å². The molecule has 0 saturated carbocycles. The number of hydrogen-bond acceptors (Lipinski definition) is 3. The fourth-order valence-corrected chi connectivity index (χ4v) is 2.57. The van der Waals surface area contributed by atoms with Crippen LogP contribution >= 0.6 is 15.9 Å². The first-order chi connectivity index (χ1) is 6.94. The molecule has 0 bridgehead atoms. The minimum Gasteiger partial charge on any atom is -0.329 e. The Morgan fingerprint density at radius 2 is 2.13 bits per heavy atom. The van der Waals surface area contributed by atoms with Crippen molar-refractivity contribution in [1.29, 1.82) is 0 Å². The van der Waals surface area contributed by atoms with Crippen LogP contribution in [0.1, 0.15) is 5.56 Å². The van der Waals surface area contributed by atoms with Crippen LogP contribution in [0.25, 0.3) is 0 Å². The van der Waals surface area contributed by atoms with Gasteiger partial charge in [-0.25, -0.2) is 8.42 Å². The lowest BCUT2D eigenvalue weighted by atomic mass is 10.2. The molecule has 0 aliphatic carbocycles. The van der Waals surface area contributed by atoms with Gasteiger partial charge in [0, 0.05) is 11.0 Å². The molecule has 0 amide bonds. The summed E-state index contributed by atoms with van der Waals surface area (Å²) in [6.07, 6.45) is 0. The van der Waals surface area contributed by atoms with Crippen molar-refractivity contribution in [1.82, 2.24) is 0 Å². The molecule has 3 N–H and O–H groups in total. The van der Waals surface area contributed by atoms with E-state index in [1.807, 2.05) is 13.0 Å². The average molecular weight is 293 g/mol. The van der Waals surface area contributed by atoms with Gasteiger partial charge < -0.3 is 5.73 Å². The number of halogens is 1. The zero-order valence-corrected chi connectivity index (χ0v) is 10.7. The minimum atomic E-state index is -3.31. The third-order valence-corrected chi connectivity index (χ3v) is 3.64. The molecule has 0 saturated heterocycles. The summed E-state index contributed by atoms with van der Waals surface area (Å²) >= 11 is 3.31. The second-order valence-electron chi connectivity index (χ2n) is 3.17. The van der Waals surface area contributed by atoms with E-state index in [9.17, 15) is 8.42 Å². The third-order valence-electron chi connectivity index (χ3n) is 1.84. The van der Waals surface area contributed by atoms with E-state index in [0.29, 0.717) is 5.69 Å². The standard InChI is InChI=1S/C9H13BrN2O2S/c1-7-6-8(10)2-3-9(7)12-15(13,14)5-4-11/h2-3,6,12H,4-5,11H2,1H3. The Morgan fingerprint density at radius 1 is 1.47 bits per heavy atom. The van der Waals surface area contributed by atoms with Crippen molar-refractivity contribution >= 4 is 31.6 Å². The fourth-order valence-electron chi connectivity index (χ4n) is 1.12. The summed E-state index contributed by atoms with van der Waals surface area (Å²) in [4.78, 5) is 0. The molecule has 6 heteroatoms. The Labute approximate surface area is 98.0 Å². The number of nitrogens with two attached hydrogens (primary N) is 1. The molecule has 0 aliphatic heterocycles. The van der Waals surface area contributed by atoms with Crippen LogP contribution in [0.15, 0.2) is 22.7 Å². The highest BCUT2D eigenvalue weighted by atomic mass is 79.9. The number of sulfonamides is 1. The second-order valence-corrected chi connectivity index (χ2v) is 5.93. The summed E-state index contributed by atoms with van der Waals surface area (Å²) < 4.78 is 26.3. The number of benzene rings is 1. The Hall–Kier alpha value is -0.590. The lowest BCUT2D eigenvalue weighted by Crippen LogP contribution is -2.22. The first-order valence-electron chi connectivity index (χ1n) is 4.41. The van der Waals surface area contributed by atoms with Gasteiger partial charge in [-0.05, 0) is 30.7 Å². The van der Waals surface area contributed by atoms with E-state index in [2.05, 4.69) is 20.7 Å². The molecule has 0 heterocycles. The Bertz CT molecular complexity index is 445. The quantitative estimate of drug-likeness (QED) is 0.882. The SMILES string of the molecule is Cc1cc(Br)ccc1NS(=O)(=O)CCN. The molecule has 4 nitrogen and oxygen atoms in total. The summed E-state index contributed by atoms with van der Waals surface area (Å²) in [6.45, 7) is 1.95. The maximum absolute atomic E-state index is 11.4. The topological polar surface area (TPSA) is 72.2 Å². The first kappa shape index (κ1) is 12.5. The predicted octanol–water partition coefficient (Wildman–Crippen LogP) is 1.46. The van der Waals surface area contributed by atoms with Crippen LogP contribution in [-0.4, -0.2) is 20.7 Å². The fraction of sp³-hybridized carbons (Fsp3) is 0.333. The summed E-state index contributed by atoms with van der Waals surface area (Å²) in [5.41, 5.74) is 6.66. The van der Waals surface area contributed by atoms with Crippen molar-refractivity contribution in [2.24, 2.45) is 5.73 Å². The lowest BCUT2D eigenvalue weighted by molar-refractivity contribution is 0.601. The number of aryl methyl sites for hydroxylation is 1. The van der Waals surface area contributed by atoms with Gasteiger partial charge in [-0.1, -0.05) is 15.9 Å². The summed E-state index contributed by atoms with van der Waals surface area (Å²) in [6, 6.07) is 5.35. The highest BCUT2D eigenvalue weighted by Crippen LogP contribution is 2.20. The molecule has 0 fully saturated rings. The summed E-state index contributed by atoms with van der Waals surface area (Å²) in [7, 11) is -3.31. The molecular weight excluding hydrogens is 280 g/mol. The molecule has 1 aromatic carbocycles. The van der Waals surface area contributed by atoms with Gasteiger partial charge in [0.25, 0.3) is 0 Å². The van der Waals surface area contributed by atoms with Gasteiger partial charge in [0.05, 0.1) is 11.4 Å². The number of rotatable bonds is 4. The van der Waals surface area contributed by atoms with Gasteiger partial charge in [-0.2, -0.15) is 0 Å². The van der Waals surface area contributed by atoms with E-state index in [4.69, 9.17) is 5.73 Å². The monoisotopic (exact) mass is 292 g/mol. The first-order valence-corrected chi connectivity index (χ1v) is 6.86. The van der Waals surface area contributed by atoms with Crippen molar-refractivity contribution in [3.63, 3.8) is 0 Å². The number of anilines is 1. The van der Waals surface area contributed by atoms with Gasteiger partial charge in [0.15, 0.2) is 0 Å². The van der Waals surface area contributed by atoms with Crippen LogP contribution in [0.4, 0.5) is 5.69 Å². The van der Waals surface area contributed by atoms with Crippen LogP contribution in [0.2, 0.25) is 0 Å². The van der Waals surface area contributed by atoms with E-state index in [1.54, 1.807) is 12.1 Å². The highest BCUT2D eigenvalue weighted by molar-refractivity contribution is 9.10. The molecule has 84 valence electrons. The highest BCUT2D eigenvalue weighted by Gasteiger charge is 2.10.